The highest BCUT2D eigenvalue weighted by molar-refractivity contribution is 7.80. The summed E-state index contributed by atoms with van der Waals surface area (Å²) < 4.78 is 5.52. The fraction of sp³-hybridized carbons (Fsp3) is 0.467. The van der Waals surface area contributed by atoms with Crippen molar-refractivity contribution >= 4 is 28.8 Å². The normalized spacial score (nSPS) is 21.5. The third kappa shape index (κ3) is 4.23. The van der Waals surface area contributed by atoms with Gasteiger partial charge in [-0.2, -0.15) is 0 Å². The summed E-state index contributed by atoms with van der Waals surface area (Å²) in [5.41, 5.74) is 7.07. The lowest BCUT2D eigenvalue weighted by molar-refractivity contribution is -0.117. The summed E-state index contributed by atoms with van der Waals surface area (Å²) in [6, 6.07) is 7.50. The molecule has 2 rings (SSSR count). The van der Waals surface area contributed by atoms with E-state index in [1.54, 1.807) is 24.3 Å². The lowest BCUT2D eigenvalue weighted by atomic mass is 10.1. The number of hydrogen-bond donors (Lipinski definition) is 2. The monoisotopic (exact) mass is 307 g/mol. The van der Waals surface area contributed by atoms with Crippen molar-refractivity contribution in [2.45, 2.75) is 25.5 Å². The van der Waals surface area contributed by atoms with Gasteiger partial charge < -0.3 is 15.8 Å². The van der Waals surface area contributed by atoms with Gasteiger partial charge in [0.25, 0.3) is 0 Å². The van der Waals surface area contributed by atoms with Crippen LogP contribution in [0.4, 0.5) is 5.69 Å². The number of rotatable bonds is 5. The van der Waals surface area contributed by atoms with E-state index in [0.717, 1.165) is 24.3 Å². The Morgan fingerprint density at radius 3 is 2.67 bits per heavy atom. The Morgan fingerprint density at radius 2 is 2.14 bits per heavy atom. The third-order valence-corrected chi connectivity index (χ3v) is 3.98. The maximum Gasteiger partial charge on any atom is 0.238 e. The molecule has 5 nitrogen and oxygen atoms in total. The van der Waals surface area contributed by atoms with Crippen LogP contribution in [0, 0.1) is 0 Å². The molecule has 1 amide bonds. The average molecular weight is 307 g/mol. The summed E-state index contributed by atoms with van der Waals surface area (Å²) in [7, 11) is 1.95. The van der Waals surface area contributed by atoms with Gasteiger partial charge in [-0.05, 0) is 44.7 Å². The van der Waals surface area contributed by atoms with Gasteiger partial charge in [-0.25, -0.2) is 0 Å². The Kier molecular flexibility index (Phi) is 5.27. The predicted molar refractivity (Wildman–Crippen MR) is 87.4 cm³/mol. The molecule has 1 aromatic rings. The zero-order valence-corrected chi connectivity index (χ0v) is 13.2. The molecule has 0 spiro atoms. The molecule has 1 fully saturated rings. The number of carbonyl (C=O) groups is 1. The van der Waals surface area contributed by atoms with Crippen LogP contribution in [-0.4, -0.2) is 48.1 Å². The molecule has 1 aromatic carbocycles. The molecular formula is C15H21N3O2S. The van der Waals surface area contributed by atoms with Crippen molar-refractivity contribution in [3.63, 3.8) is 0 Å². The molecule has 1 aliphatic rings. The van der Waals surface area contributed by atoms with Crippen LogP contribution in [0.25, 0.3) is 0 Å². The highest BCUT2D eigenvalue weighted by Crippen LogP contribution is 2.18. The first-order chi connectivity index (χ1) is 9.97. The van der Waals surface area contributed by atoms with E-state index in [0.29, 0.717) is 17.6 Å². The fourth-order valence-corrected chi connectivity index (χ4v) is 2.70. The fourth-order valence-electron chi connectivity index (χ4n) is 2.56. The van der Waals surface area contributed by atoms with Crippen molar-refractivity contribution < 1.29 is 9.53 Å². The van der Waals surface area contributed by atoms with Gasteiger partial charge in [-0.15, -0.1) is 0 Å². The molecule has 21 heavy (non-hydrogen) atoms. The van der Waals surface area contributed by atoms with E-state index in [-0.39, 0.29) is 12.0 Å². The van der Waals surface area contributed by atoms with E-state index < -0.39 is 0 Å². The van der Waals surface area contributed by atoms with Gasteiger partial charge in [0, 0.05) is 23.9 Å². The van der Waals surface area contributed by atoms with E-state index in [2.05, 4.69) is 5.32 Å². The summed E-state index contributed by atoms with van der Waals surface area (Å²) in [4.78, 5) is 14.4. The lowest BCUT2D eigenvalue weighted by Crippen LogP contribution is -2.41. The lowest BCUT2D eigenvalue weighted by Gasteiger charge is -2.25. The molecule has 1 saturated heterocycles. The number of anilines is 1. The summed E-state index contributed by atoms with van der Waals surface area (Å²) in [5, 5.41) is 2.87. The molecule has 0 aromatic heterocycles. The number of thiocarbonyl (C=S) groups is 1. The van der Waals surface area contributed by atoms with Crippen LogP contribution < -0.4 is 11.1 Å². The van der Waals surface area contributed by atoms with Gasteiger partial charge in [0.05, 0.1) is 12.6 Å². The molecule has 6 heteroatoms. The van der Waals surface area contributed by atoms with E-state index in [9.17, 15) is 4.79 Å². The molecule has 0 saturated carbocycles. The zero-order chi connectivity index (χ0) is 15.4. The van der Waals surface area contributed by atoms with Crippen molar-refractivity contribution in [1.29, 1.82) is 0 Å². The number of amides is 1. The molecule has 1 heterocycles. The average Bonchev–Trinajstić information content (AvgIpc) is 2.85. The summed E-state index contributed by atoms with van der Waals surface area (Å²) in [6.45, 7) is 3.15. The molecule has 3 N–H and O–H groups in total. The Balaban J connectivity index is 1.87. The van der Waals surface area contributed by atoms with Crippen LogP contribution in [0.5, 0.6) is 0 Å². The second kappa shape index (κ2) is 6.98. The van der Waals surface area contributed by atoms with Crippen LogP contribution in [0.2, 0.25) is 0 Å². The van der Waals surface area contributed by atoms with Gasteiger partial charge in [0.15, 0.2) is 0 Å². The molecule has 0 aliphatic carbocycles. The molecule has 0 bridgehead atoms. The van der Waals surface area contributed by atoms with Gasteiger partial charge in [0.2, 0.25) is 5.91 Å². The topological polar surface area (TPSA) is 67.6 Å². The molecule has 114 valence electrons. The number of nitrogens with one attached hydrogen (secondary N) is 1. The van der Waals surface area contributed by atoms with Crippen molar-refractivity contribution in [2.24, 2.45) is 5.73 Å². The maximum atomic E-state index is 12.1. The second-order valence-electron chi connectivity index (χ2n) is 5.34. The molecular weight excluding hydrogens is 286 g/mol. The number of likely N-dealkylation sites (N-methyl/N-ethyl adjacent to an activating group) is 1. The SMILES string of the molecule is CC1OCCC1N(C)CC(=O)Nc1ccc(C(N)=S)cc1. The Labute approximate surface area is 130 Å². The van der Waals surface area contributed by atoms with Crippen LogP contribution in [-0.2, 0) is 9.53 Å². The van der Waals surface area contributed by atoms with E-state index in [1.807, 2.05) is 18.9 Å². The number of benzene rings is 1. The van der Waals surface area contributed by atoms with E-state index >= 15 is 0 Å². The number of ether oxygens (including phenoxy) is 1. The van der Waals surface area contributed by atoms with Gasteiger partial charge in [-0.3, -0.25) is 9.69 Å². The van der Waals surface area contributed by atoms with Gasteiger partial charge >= 0.3 is 0 Å². The largest absolute Gasteiger partial charge is 0.389 e. The minimum Gasteiger partial charge on any atom is -0.389 e. The van der Waals surface area contributed by atoms with Crippen molar-refractivity contribution in [3.8, 4) is 0 Å². The molecule has 0 radical (unpaired) electrons. The molecule has 2 atom stereocenters. The van der Waals surface area contributed by atoms with Crippen LogP contribution >= 0.6 is 12.2 Å². The van der Waals surface area contributed by atoms with Gasteiger partial charge in [-0.1, -0.05) is 12.2 Å². The first-order valence-corrected chi connectivity index (χ1v) is 7.40. The summed E-state index contributed by atoms with van der Waals surface area (Å²) >= 11 is 4.89. The quantitative estimate of drug-likeness (QED) is 0.804. The Morgan fingerprint density at radius 1 is 1.48 bits per heavy atom. The zero-order valence-electron chi connectivity index (χ0n) is 12.3. The predicted octanol–water partition coefficient (Wildman–Crippen LogP) is 1.37. The number of nitrogens with two attached hydrogens (primary N) is 1. The highest BCUT2D eigenvalue weighted by atomic mass is 32.1. The standard InChI is InChI=1S/C15H21N3O2S/c1-10-13(7-8-20-10)18(2)9-14(19)17-12-5-3-11(4-6-12)15(16)21/h3-6,10,13H,7-9H2,1-2H3,(H2,16,21)(H,17,19). The van der Waals surface area contributed by atoms with E-state index in [1.165, 1.54) is 0 Å². The second-order valence-corrected chi connectivity index (χ2v) is 5.78. The van der Waals surface area contributed by atoms with Crippen molar-refractivity contribution in [1.82, 2.24) is 4.90 Å². The van der Waals surface area contributed by atoms with E-state index in [4.69, 9.17) is 22.7 Å². The van der Waals surface area contributed by atoms with Crippen LogP contribution in [0.3, 0.4) is 0 Å². The van der Waals surface area contributed by atoms with Crippen molar-refractivity contribution in [3.05, 3.63) is 29.8 Å². The Hall–Kier alpha value is -1.50. The first-order valence-electron chi connectivity index (χ1n) is 6.99. The highest BCUT2D eigenvalue weighted by Gasteiger charge is 2.28. The number of hydrogen-bond acceptors (Lipinski definition) is 4. The minimum atomic E-state index is -0.0420. The first kappa shape index (κ1) is 15.9. The van der Waals surface area contributed by atoms with Crippen LogP contribution in [0.1, 0.15) is 18.9 Å². The van der Waals surface area contributed by atoms with Crippen LogP contribution in [0.15, 0.2) is 24.3 Å². The summed E-state index contributed by atoms with van der Waals surface area (Å²) in [6.07, 6.45) is 1.14. The molecule has 2 unspecified atom stereocenters. The smallest absolute Gasteiger partial charge is 0.238 e. The Bertz CT molecular complexity index is 518. The number of carbonyl (C=O) groups excluding carboxylic acids is 1. The van der Waals surface area contributed by atoms with Gasteiger partial charge in [0.1, 0.15) is 4.99 Å². The minimum absolute atomic E-state index is 0.0420. The van der Waals surface area contributed by atoms with Crippen molar-refractivity contribution in [2.75, 3.05) is 25.5 Å². The third-order valence-electron chi connectivity index (χ3n) is 3.75. The number of nitrogens with zero attached hydrogens (tertiary/aromatic N) is 1. The maximum absolute atomic E-state index is 12.1. The molecule has 1 aliphatic heterocycles. The summed E-state index contributed by atoms with van der Waals surface area (Å²) in [5.74, 6) is -0.0420.